The van der Waals surface area contributed by atoms with Gasteiger partial charge in [-0.2, -0.15) is 0 Å². The zero-order chi connectivity index (χ0) is 21.7. The van der Waals surface area contributed by atoms with E-state index in [1.54, 1.807) is 36.4 Å². The average Bonchev–Trinajstić information content (AvgIpc) is 3.36. The normalized spacial score (nSPS) is 27.8. The van der Waals surface area contributed by atoms with Crippen molar-refractivity contribution < 1.29 is 23.9 Å². The quantitative estimate of drug-likeness (QED) is 0.511. The highest BCUT2D eigenvalue weighted by Gasteiger charge is 2.63. The van der Waals surface area contributed by atoms with Crippen LogP contribution in [-0.2, 0) is 14.3 Å². The SMILES string of the molecule is O=C(COc1ccc(NC(=O)[C@@H]2[C@@H]3C[C@@H]4[C@@H]2C(=O)O[C@@H]4C3)cc1)c1ccc(Cl)cc1Cl. The van der Waals surface area contributed by atoms with Gasteiger partial charge in [0.1, 0.15) is 11.9 Å². The second kappa shape index (κ2) is 7.84. The average molecular weight is 460 g/mol. The number of carbonyl (C=O) groups excluding carboxylic acids is 3. The summed E-state index contributed by atoms with van der Waals surface area (Å²) >= 11 is 11.9. The summed E-state index contributed by atoms with van der Waals surface area (Å²) in [6, 6.07) is 11.4. The molecule has 5 rings (SSSR count). The summed E-state index contributed by atoms with van der Waals surface area (Å²) < 4.78 is 10.9. The highest BCUT2D eigenvalue weighted by Crippen LogP contribution is 2.57. The van der Waals surface area contributed by atoms with Crippen LogP contribution in [0, 0.1) is 23.7 Å². The molecule has 0 spiro atoms. The molecule has 31 heavy (non-hydrogen) atoms. The van der Waals surface area contributed by atoms with E-state index in [9.17, 15) is 14.4 Å². The number of ether oxygens (including phenoxy) is 2. The standard InChI is InChI=1S/C23H19Cl2NO5/c24-12-1-6-15(17(25)9-12)18(27)10-30-14-4-2-13(3-5-14)26-22(28)20-11-7-16-19(8-11)31-23(29)21(16)20/h1-6,9,11,16,19-21H,7-8,10H2,(H,26,28)/t11-,16+,19-,20-,21+/m1/s1. The van der Waals surface area contributed by atoms with Crippen LogP contribution in [0.25, 0.3) is 0 Å². The Hall–Kier alpha value is -2.57. The van der Waals surface area contributed by atoms with Crippen LogP contribution in [-0.4, -0.2) is 30.4 Å². The molecule has 1 amide bonds. The van der Waals surface area contributed by atoms with Crippen molar-refractivity contribution >= 4 is 46.5 Å². The number of esters is 1. The minimum atomic E-state index is -0.325. The molecule has 2 aliphatic carbocycles. The van der Waals surface area contributed by atoms with Gasteiger partial charge >= 0.3 is 5.97 Å². The van der Waals surface area contributed by atoms with Crippen molar-refractivity contribution in [2.24, 2.45) is 23.7 Å². The monoisotopic (exact) mass is 459 g/mol. The van der Waals surface area contributed by atoms with Crippen molar-refractivity contribution in [1.29, 1.82) is 0 Å². The second-order valence-electron chi connectivity index (χ2n) is 8.27. The Labute approximate surface area is 188 Å². The predicted octanol–water partition coefficient (Wildman–Crippen LogP) is 4.39. The van der Waals surface area contributed by atoms with Gasteiger partial charge in [-0.1, -0.05) is 23.2 Å². The van der Waals surface area contributed by atoms with E-state index in [2.05, 4.69) is 5.32 Å². The lowest BCUT2D eigenvalue weighted by molar-refractivity contribution is -0.145. The van der Waals surface area contributed by atoms with E-state index in [0.29, 0.717) is 22.0 Å². The first kappa shape index (κ1) is 20.3. The van der Waals surface area contributed by atoms with Crippen LogP contribution in [0.5, 0.6) is 5.75 Å². The van der Waals surface area contributed by atoms with Crippen LogP contribution in [0.3, 0.4) is 0 Å². The van der Waals surface area contributed by atoms with Gasteiger partial charge in [-0.25, -0.2) is 0 Å². The smallest absolute Gasteiger partial charge is 0.310 e. The van der Waals surface area contributed by atoms with E-state index in [1.165, 1.54) is 6.07 Å². The summed E-state index contributed by atoms with van der Waals surface area (Å²) in [4.78, 5) is 37.3. The highest BCUT2D eigenvalue weighted by molar-refractivity contribution is 6.36. The number of hydrogen-bond acceptors (Lipinski definition) is 5. The lowest BCUT2D eigenvalue weighted by Gasteiger charge is -2.23. The molecule has 2 saturated carbocycles. The Balaban J connectivity index is 1.18. The molecule has 8 heteroatoms. The van der Waals surface area contributed by atoms with Crippen molar-refractivity contribution in [1.82, 2.24) is 0 Å². The number of fused-ring (bicyclic) bond motifs is 1. The van der Waals surface area contributed by atoms with E-state index < -0.39 is 0 Å². The van der Waals surface area contributed by atoms with Crippen LogP contribution in [0.1, 0.15) is 23.2 Å². The number of ketones is 1. The molecule has 1 saturated heterocycles. The van der Waals surface area contributed by atoms with E-state index >= 15 is 0 Å². The molecule has 1 N–H and O–H groups in total. The zero-order valence-electron chi connectivity index (χ0n) is 16.3. The third-order valence-electron chi connectivity index (χ3n) is 6.51. The Kier molecular flexibility index (Phi) is 5.15. The molecule has 5 atom stereocenters. The molecule has 160 valence electrons. The minimum Gasteiger partial charge on any atom is -0.485 e. The van der Waals surface area contributed by atoms with Crippen molar-refractivity contribution in [3.8, 4) is 5.75 Å². The van der Waals surface area contributed by atoms with Crippen molar-refractivity contribution in [2.45, 2.75) is 18.9 Å². The summed E-state index contributed by atoms with van der Waals surface area (Å²) in [5, 5.41) is 3.63. The first-order valence-electron chi connectivity index (χ1n) is 10.1. The van der Waals surface area contributed by atoms with Crippen molar-refractivity contribution in [3.05, 3.63) is 58.1 Å². The predicted molar refractivity (Wildman–Crippen MR) is 114 cm³/mol. The van der Waals surface area contributed by atoms with Gasteiger partial charge in [0.05, 0.1) is 16.9 Å². The molecule has 2 aromatic rings. The molecular weight excluding hydrogens is 441 g/mol. The van der Waals surface area contributed by atoms with E-state index in [0.717, 1.165) is 12.8 Å². The van der Waals surface area contributed by atoms with Crippen LogP contribution in [0.15, 0.2) is 42.5 Å². The number of Topliss-reactive ketones (excluding diaryl/α,β-unsaturated/α-hetero) is 1. The molecule has 6 nitrogen and oxygen atoms in total. The largest absolute Gasteiger partial charge is 0.485 e. The molecule has 1 aliphatic heterocycles. The van der Waals surface area contributed by atoms with Gasteiger partial charge < -0.3 is 14.8 Å². The number of nitrogens with one attached hydrogen (secondary N) is 1. The Morgan fingerprint density at radius 3 is 2.61 bits per heavy atom. The number of carbonyl (C=O) groups is 3. The fourth-order valence-electron chi connectivity index (χ4n) is 5.17. The summed E-state index contributed by atoms with van der Waals surface area (Å²) in [6.45, 7) is -0.177. The minimum absolute atomic E-state index is 0.00782. The Morgan fingerprint density at radius 1 is 1.10 bits per heavy atom. The molecule has 1 heterocycles. The van der Waals surface area contributed by atoms with Gasteiger partial charge in [0.25, 0.3) is 0 Å². The maximum atomic E-state index is 12.8. The molecule has 0 aromatic heterocycles. The van der Waals surface area contributed by atoms with E-state index in [1.807, 2.05) is 0 Å². The van der Waals surface area contributed by atoms with Gasteiger partial charge in [-0.15, -0.1) is 0 Å². The molecule has 3 aliphatic rings. The van der Waals surface area contributed by atoms with Crippen molar-refractivity contribution in [3.63, 3.8) is 0 Å². The number of anilines is 1. The third-order valence-corrected chi connectivity index (χ3v) is 7.06. The second-order valence-corrected chi connectivity index (χ2v) is 9.12. The summed E-state index contributed by atoms with van der Waals surface area (Å²) in [5.74, 6) is -0.391. The van der Waals surface area contributed by atoms with Crippen LogP contribution in [0.4, 0.5) is 5.69 Å². The maximum absolute atomic E-state index is 12.8. The van der Waals surface area contributed by atoms with Crippen LogP contribution in [0.2, 0.25) is 10.0 Å². The van der Waals surface area contributed by atoms with Gasteiger partial charge in [0.15, 0.2) is 6.61 Å². The number of amides is 1. The summed E-state index contributed by atoms with van der Waals surface area (Å²) in [5.41, 5.74) is 0.948. The molecule has 2 aromatic carbocycles. The van der Waals surface area contributed by atoms with Crippen molar-refractivity contribution in [2.75, 3.05) is 11.9 Å². The molecular formula is C23H19Cl2NO5. The molecule has 0 unspecified atom stereocenters. The topological polar surface area (TPSA) is 81.7 Å². The zero-order valence-corrected chi connectivity index (χ0v) is 17.9. The first-order chi connectivity index (χ1) is 14.9. The lowest BCUT2D eigenvalue weighted by atomic mass is 9.79. The Bertz CT molecular complexity index is 1070. The Morgan fingerprint density at radius 2 is 1.87 bits per heavy atom. The fraction of sp³-hybridized carbons (Fsp3) is 0.348. The van der Waals surface area contributed by atoms with Crippen LogP contribution >= 0.6 is 23.2 Å². The van der Waals surface area contributed by atoms with Gasteiger partial charge in [0.2, 0.25) is 11.7 Å². The highest BCUT2D eigenvalue weighted by atomic mass is 35.5. The third kappa shape index (κ3) is 3.68. The summed E-state index contributed by atoms with van der Waals surface area (Å²) in [7, 11) is 0. The van der Waals surface area contributed by atoms with Gasteiger partial charge in [-0.05, 0) is 61.2 Å². The van der Waals surface area contributed by atoms with E-state index in [-0.39, 0.29) is 59.1 Å². The molecule has 2 bridgehead atoms. The maximum Gasteiger partial charge on any atom is 0.310 e. The number of rotatable bonds is 6. The van der Waals surface area contributed by atoms with Gasteiger partial charge in [0, 0.05) is 22.2 Å². The fourth-order valence-corrected chi connectivity index (χ4v) is 5.68. The number of benzene rings is 2. The van der Waals surface area contributed by atoms with Gasteiger partial charge in [-0.3, -0.25) is 14.4 Å². The summed E-state index contributed by atoms with van der Waals surface area (Å²) in [6.07, 6.45) is 1.68. The molecule has 3 fully saturated rings. The first-order valence-corrected chi connectivity index (χ1v) is 10.9. The van der Waals surface area contributed by atoms with Crippen LogP contribution < -0.4 is 10.1 Å². The lowest BCUT2D eigenvalue weighted by Crippen LogP contribution is -2.35. The molecule has 0 radical (unpaired) electrons. The number of halogens is 2. The number of hydrogen-bond donors (Lipinski definition) is 1. The van der Waals surface area contributed by atoms with E-state index in [4.69, 9.17) is 32.7 Å².